The van der Waals surface area contributed by atoms with Crippen molar-refractivity contribution in [3.8, 4) is 0 Å². The first-order chi connectivity index (χ1) is 18.5. The number of aliphatic carboxylic acids is 3. The standard InChI is InChI=1S/C32H59NO6/c1-5-6-7-8-9-10-11-12-13-14-15-16-17-18-19-20-21-22-23-33(24-27(2)30(34)35,25-28(3)31(36)37)26-29(4)32(38)39/h20-21,27-29H,5-19,22-26H2,1-4H3,(H2-,34,35,36,37,38,39)/b21-20+. The second-order valence-electron chi connectivity index (χ2n) is 12.0. The second-order valence-corrected chi connectivity index (χ2v) is 12.0. The summed E-state index contributed by atoms with van der Waals surface area (Å²) in [5.41, 5.74) is 0. The SMILES string of the molecule is CCCCCCCCCCCCCCCC/C=C/CC[N+](CC(C)C(=O)[O-])(CC(C)C(=O)O)CC(C)C(=O)O. The van der Waals surface area contributed by atoms with Crippen molar-refractivity contribution < 1.29 is 34.2 Å². The molecule has 7 nitrogen and oxygen atoms in total. The number of carboxylic acid groups (broad SMARTS) is 3. The van der Waals surface area contributed by atoms with E-state index in [0.29, 0.717) is 13.0 Å². The lowest BCUT2D eigenvalue weighted by Gasteiger charge is -2.42. The van der Waals surface area contributed by atoms with Crippen molar-refractivity contribution in [3.63, 3.8) is 0 Å². The third-order valence-electron chi connectivity index (χ3n) is 7.89. The van der Waals surface area contributed by atoms with Crippen molar-refractivity contribution in [3.05, 3.63) is 12.2 Å². The number of quaternary nitrogens is 1. The fourth-order valence-corrected chi connectivity index (χ4v) is 5.51. The van der Waals surface area contributed by atoms with Gasteiger partial charge in [-0.15, -0.1) is 0 Å². The Labute approximate surface area is 238 Å². The first-order valence-electron chi connectivity index (χ1n) is 15.7. The molecule has 0 saturated heterocycles. The lowest BCUT2D eigenvalue weighted by molar-refractivity contribution is -0.934. The highest BCUT2D eigenvalue weighted by molar-refractivity contribution is 5.70. The maximum atomic E-state index is 11.6. The van der Waals surface area contributed by atoms with E-state index < -0.39 is 35.7 Å². The molecule has 0 bridgehead atoms. The lowest BCUT2D eigenvalue weighted by Crippen LogP contribution is -2.58. The van der Waals surface area contributed by atoms with E-state index in [1.807, 2.05) is 0 Å². The minimum Gasteiger partial charge on any atom is -0.550 e. The average molecular weight is 554 g/mol. The summed E-state index contributed by atoms with van der Waals surface area (Å²) in [6, 6.07) is 0. The van der Waals surface area contributed by atoms with Crippen LogP contribution in [0.25, 0.3) is 0 Å². The summed E-state index contributed by atoms with van der Waals surface area (Å²) in [6.45, 7) is 8.04. The van der Waals surface area contributed by atoms with Crippen LogP contribution >= 0.6 is 0 Å². The number of hydrogen-bond donors (Lipinski definition) is 2. The van der Waals surface area contributed by atoms with E-state index >= 15 is 0 Å². The second kappa shape index (κ2) is 22.9. The number of nitrogens with zero attached hydrogens (tertiary/aromatic N) is 1. The molecule has 3 unspecified atom stereocenters. The van der Waals surface area contributed by atoms with Gasteiger partial charge in [-0.1, -0.05) is 109 Å². The van der Waals surface area contributed by atoms with Crippen LogP contribution in [0.5, 0.6) is 0 Å². The molecule has 0 amide bonds. The maximum absolute atomic E-state index is 11.6. The van der Waals surface area contributed by atoms with Gasteiger partial charge in [0.1, 0.15) is 11.8 Å². The van der Waals surface area contributed by atoms with Gasteiger partial charge in [-0.25, -0.2) is 0 Å². The van der Waals surface area contributed by atoms with Crippen LogP contribution in [-0.4, -0.2) is 58.8 Å². The van der Waals surface area contributed by atoms with Crippen molar-refractivity contribution in [2.75, 3.05) is 26.2 Å². The molecule has 0 aliphatic heterocycles. The van der Waals surface area contributed by atoms with Crippen LogP contribution < -0.4 is 5.11 Å². The van der Waals surface area contributed by atoms with Crippen LogP contribution in [0.3, 0.4) is 0 Å². The zero-order chi connectivity index (χ0) is 29.5. The lowest BCUT2D eigenvalue weighted by atomic mass is 10.0. The molecule has 0 aliphatic carbocycles. The Balaban J connectivity index is 4.44. The largest absolute Gasteiger partial charge is 0.550 e. The van der Waals surface area contributed by atoms with Gasteiger partial charge in [0.05, 0.1) is 26.2 Å². The summed E-state index contributed by atoms with van der Waals surface area (Å²) >= 11 is 0. The predicted molar refractivity (Wildman–Crippen MR) is 156 cm³/mol. The summed E-state index contributed by atoms with van der Waals surface area (Å²) in [5.74, 6) is -5.34. The summed E-state index contributed by atoms with van der Waals surface area (Å²) in [5, 5.41) is 30.5. The molecule has 7 heteroatoms. The van der Waals surface area contributed by atoms with Gasteiger partial charge in [0, 0.05) is 18.3 Å². The molecule has 0 spiro atoms. The fraction of sp³-hybridized carbons (Fsp3) is 0.844. The quantitative estimate of drug-likeness (QED) is 0.0686. The van der Waals surface area contributed by atoms with E-state index in [0.717, 1.165) is 12.8 Å². The molecule has 3 atom stereocenters. The Morgan fingerprint density at radius 3 is 1.36 bits per heavy atom. The molecular formula is C32H59NO6. The van der Waals surface area contributed by atoms with Crippen molar-refractivity contribution in [2.45, 2.75) is 130 Å². The van der Waals surface area contributed by atoms with Gasteiger partial charge in [0.2, 0.25) is 0 Å². The summed E-state index contributed by atoms with van der Waals surface area (Å²) in [7, 11) is 0. The van der Waals surface area contributed by atoms with Gasteiger partial charge < -0.3 is 24.6 Å². The highest BCUT2D eigenvalue weighted by atomic mass is 16.4. The van der Waals surface area contributed by atoms with Crippen LogP contribution in [0.15, 0.2) is 12.2 Å². The molecule has 0 radical (unpaired) electrons. The van der Waals surface area contributed by atoms with Gasteiger partial charge >= 0.3 is 11.9 Å². The first-order valence-corrected chi connectivity index (χ1v) is 15.7. The maximum Gasteiger partial charge on any atom is 0.311 e. The third-order valence-corrected chi connectivity index (χ3v) is 7.89. The van der Waals surface area contributed by atoms with Gasteiger partial charge in [0.15, 0.2) is 0 Å². The summed E-state index contributed by atoms with van der Waals surface area (Å²) < 4.78 is 0.138. The van der Waals surface area contributed by atoms with Crippen molar-refractivity contribution in [1.29, 1.82) is 0 Å². The monoisotopic (exact) mass is 553 g/mol. The van der Waals surface area contributed by atoms with E-state index in [9.17, 15) is 29.7 Å². The van der Waals surface area contributed by atoms with Crippen LogP contribution in [0.2, 0.25) is 0 Å². The van der Waals surface area contributed by atoms with E-state index in [-0.39, 0.29) is 24.1 Å². The summed E-state index contributed by atoms with van der Waals surface area (Å²) in [6.07, 6.45) is 24.5. The van der Waals surface area contributed by atoms with E-state index in [4.69, 9.17) is 0 Å². The Hall–Kier alpha value is -1.89. The van der Waals surface area contributed by atoms with Gasteiger partial charge in [-0.3, -0.25) is 9.59 Å². The molecule has 0 fully saturated rings. The summed E-state index contributed by atoms with van der Waals surface area (Å²) in [4.78, 5) is 34.7. The zero-order valence-electron chi connectivity index (χ0n) is 25.5. The topological polar surface area (TPSA) is 115 Å². The van der Waals surface area contributed by atoms with Gasteiger partial charge in [-0.05, 0) is 26.7 Å². The van der Waals surface area contributed by atoms with Gasteiger partial charge in [0.25, 0.3) is 0 Å². The smallest absolute Gasteiger partial charge is 0.311 e. The van der Waals surface area contributed by atoms with E-state index in [1.54, 1.807) is 20.8 Å². The van der Waals surface area contributed by atoms with Crippen molar-refractivity contribution >= 4 is 17.9 Å². The Bertz CT molecular complexity index is 637. The molecule has 0 heterocycles. The molecule has 39 heavy (non-hydrogen) atoms. The number of unbranched alkanes of at least 4 members (excludes halogenated alkanes) is 14. The number of carboxylic acids is 3. The molecule has 228 valence electrons. The predicted octanol–water partition coefficient (Wildman–Crippen LogP) is 6.45. The van der Waals surface area contributed by atoms with Crippen molar-refractivity contribution in [1.82, 2.24) is 0 Å². The Morgan fingerprint density at radius 2 is 0.974 bits per heavy atom. The first kappa shape index (κ1) is 37.1. The Kier molecular flexibility index (Phi) is 21.8. The highest BCUT2D eigenvalue weighted by Crippen LogP contribution is 2.21. The normalized spacial score (nSPS) is 15.6. The number of hydrogen-bond acceptors (Lipinski definition) is 4. The van der Waals surface area contributed by atoms with Crippen molar-refractivity contribution in [2.24, 2.45) is 17.8 Å². The molecule has 0 aromatic rings. The van der Waals surface area contributed by atoms with Crippen LogP contribution in [0.1, 0.15) is 130 Å². The van der Waals surface area contributed by atoms with Crippen LogP contribution in [0.4, 0.5) is 0 Å². The fourth-order valence-electron chi connectivity index (χ4n) is 5.51. The molecule has 0 rings (SSSR count). The Morgan fingerprint density at radius 1 is 0.615 bits per heavy atom. The zero-order valence-corrected chi connectivity index (χ0v) is 25.5. The number of allylic oxidation sites excluding steroid dienone is 1. The molecule has 0 aliphatic rings. The van der Waals surface area contributed by atoms with E-state index in [1.165, 1.54) is 83.5 Å². The minimum absolute atomic E-state index is 0.138. The highest BCUT2D eigenvalue weighted by Gasteiger charge is 2.36. The molecule has 2 N–H and O–H groups in total. The average Bonchev–Trinajstić information content (AvgIpc) is 2.87. The number of carbonyl (C=O) groups is 3. The molecular weight excluding hydrogens is 494 g/mol. The number of rotatable bonds is 27. The van der Waals surface area contributed by atoms with Gasteiger partial charge in [-0.2, -0.15) is 0 Å². The molecule has 0 aromatic heterocycles. The van der Waals surface area contributed by atoms with Crippen LogP contribution in [0, 0.1) is 17.8 Å². The molecule has 0 aromatic carbocycles. The van der Waals surface area contributed by atoms with E-state index in [2.05, 4.69) is 19.1 Å². The number of carbonyl (C=O) groups excluding carboxylic acids is 1. The third kappa shape index (κ3) is 19.8. The minimum atomic E-state index is -1.20. The van der Waals surface area contributed by atoms with Crippen LogP contribution in [-0.2, 0) is 14.4 Å². The molecule has 0 saturated carbocycles.